The number of amides is 2. The third-order valence-electron chi connectivity index (χ3n) is 6.15. The molecule has 1 aromatic carbocycles. The summed E-state index contributed by atoms with van der Waals surface area (Å²) in [5, 5.41) is 12.6. The van der Waals surface area contributed by atoms with Crippen LogP contribution in [-0.2, 0) is 14.3 Å². The first-order valence-electron chi connectivity index (χ1n) is 12.9. The normalized spacial score (nSPS) is 17.9. The van der Waals surface area contributed by atoms with Gasteiger partial charge in [0, 0.05) is 32.0 Å². The summed E-state index contributed by atoms with van der Waals surface area (Å²) < 4.78 is 45.2. The van der Waals surface area contributed by atoms with Crippen molar-refractivity contribution in [2.75, 3.05) is 32.9 Å². The second kappa shape index (κ2) is 13.5. The van der Waals surface area contributed by atoms with Gasteiger partial charge < -0.3 is 35.3 Å². The third kappa shape index (κ3) is 8.75. The van der Waals surface area contributed by atoms with Gasteiger partial charge in [-0.2, -0.15) is 9.38 Å². The van der Waals surface area contributed by atoms with Crippen molar-refractivity contribution in [2.24, 2.45) is 16.6 Å². The number of aliphatic hydroxyl groups is 1. The summed E-state index contributed by atoms with van der Waals surface area (Å²) in [4.78, 5) is 31.4. The molecule has 1 unspecified atom stereocenters. The highest BCUT2D eigenvalue weighted by Crippen LogP contribution is 2.33. The SMILES string of the molecule is CCOc1ccc(F)c(OC2=CC(=O)N(C(CC3CCOCC3)C(=O)N=C(N)/C=C\NCC(C)(C)O)C2)c1F. The van der Waals surface area contributed by atoms with Gasteiger partial charge in [-0.1, -0.05) is 0 Å². The molecule has 0 spiro atoms. The van der Waals surface area contributed by atoms with E-state index in [1.807, 2.05) is 0 Å². The lowest BCUT2D eigenvalue weighted by Gasteiger charge is -2.30. The Morgan fingerprint density at radius 3 is 2.74 bits per heavy atom. The van der Waals surface area contributed by atoms with Crippen LogP contribution in [0.25, 0.3) is 0 Å². The van der Waals surface area contributed by atoms with E-state index in [0.29, 0.717) is 32.5 Å². The van der Waals surface area contributed by atoms with Gasteiger partial charge in [-0.3, -0.25) is 9.59 Å². The van der Waals surface area contributed by atoms with Crippen LogP contribution in [0.5, 0.6) is 11.5 Å². The smallest absolute Gasteiger partial charge is 0.270 e. The number of amidine groups is 1. The molecule has 4 N–H and O–H groups in total. The highest BCUT2D eigenvalue weighted by molar-refractivity contribution is 6.03. The maximum atomic E-state index is 14.8. The number of nitrogens with one attached hydrogen (secondary N) is 1. The summed E-state index contributed by atoms with van der Waals surface area (Å²) in [5.41, 5.74) is 4.97. The number of rotatable bonds is 12. The minimum Gasteiger partial charge on any atom is -0.491 e. The Labute approximate surface area is 226 Å². The summed E-state index contributed by atoms with van der Waals surface area (Å²) >= 11 is 0. The molecule has 2 aliphatic rings. The van der Waals surface area contributed by atoms with E-state index in [1.54, 1.807) is 20.8 Å². The first-order valence-corrected chi connectivity index (χ1v) is 12.9. The van der Waals surface area contributed by atoms with Crippen molar-refractivity contribution in [3.63, 3.8) is 0 Å². The Morgan fingerprint density at radius 2 is 2.08 bits per heavy atom. The average Bonchev–Trinajstić information content (AvgIpc) is 3.24. The molecule has 12 heteroatoms. The van der Waals surface area contributed by atoms with Gasteiger partial charge >= 0.3 is 0 Å². The highest BCUT2D eigenvalue weighted by Gasteiger charge is 2.37. The van der Waals surface area contributed by atoms with E-state index in [0.717, 1.165) is 18.2 Å². The lowest BCUT2D eigenvalue weighted by Crippen LogP contribution is -2.44. The molecule has 2 heterocycles. The Hall–Kier alpha value is -3.51. The van der Waals surface area contributed by atoms with Crippen LogP contribution in [-0.4, -0.2) is 72.2 Å². The summed E-state index contributed by atoms with van der Waals surface area (Å²) in [6.45, 7) is 6.24. The number of hydrogen-bond donors (Lipinski definition) is 3. The van der Waals surface area contributed by atoms with Crippen LogP contribution in [0, 0.1) is 17.6 Å². The maximum absolute atomic E-state index is 14.8. The maximum Gasteiger partial charge on any atom is 0.270 e. The molecule has 3 rings (SSSR count). The molecule has 0 aromatic heterocycles. The molecule has 2 amide bonds. The Balaban J connectivity index is 1.77. The minimum atomic E-state index is -1.03. The van der Waals surface area contributed by atoms with E-state index in [-0.39, 0.29) is 43.0 Å². The predicted octanol–water partition coefficient (Wildman–Crippen LogP) is 2.41. The Morgan fingerprint density at radius 1 is 1.36 bits per heavy atom. The van der Waals surface area contributed by atoms with Gasteiger partial charge in [0.25, 0.3) is 11.8 Å². The molecule has 214 valence electrons. The number of carbonyl (C=O) groups excluding carboxylic acids is 2. The molecule has 1 aromatic rings. The van der Waals surface area contributed by atoms with Gasteiger partial charge in [0.15, 0.2) is 11.6 Å². The van der Waals surface area contributed by atoms with Gasteiger partial charge in [0.1, 0.15) is 17.6 Å². The largest absolute Gasteiger partial charge is 0.491 e. The molecule has 0 aliphatic carbocycles. The van der Waals surface area contributed by atoms with Crippen LogP contribution in [0.1, 0.15) is 40.0 Å². The lowest BCUT2D eigenvalue weighted by atomic mass is 9.91. The van der Waals surface area contributed by atoms with E-state index in [1.165, 1.54) is 17.2 Å². The van der Waals surface area contributed by atoms with Crippen molar-refractivity contribution < 1.29 is 37.7 Å². The first-order chi connectivity index (χ1) is 18.5. The van der Waals surface area contributed by atoms with Crippen molar-refractivity contribution in [1.82, 2.24) is 10.2 Å². The fourth-order valence-corrected chi connectivity index (χ4v) is 4.19. The number of carbonyl (C=O) groups is 2. The lowest BCUT2D eigenvalue weighted by molar-refractivity contribution is -0.135. The highest BCUT2D eigenvalue weighted by atomic mass is 19.1. The minimum absolute atomic E-state index is 0.0242. The van der Waals surface area contributed by atoms with Gasteiger partial charge in [0.05, 0.1) is 18.8 Å². The number of nitrogens with zero attached hydrogens (tertiary/aromatic N) is 2. The zero-order chi connectivity index (χ0) is 28.6. The van der Waals surface area contributed by atoms with Crippen molar-refractivity contribution in [1.29, 1.82) is 0 Å². The second-order valence-electron chi connectivity index (χ2n) is 10.0. The molecule has 39 heavy (non-hydrogen) atoms. The summed E-state index contributed by atoms with van der Waals surface area (Å²) in [6.07, 6.45) is 5.68. The van der Waals surface area contributed by atoms with Crippen LogP contribution in [0.2, 0.25) is 0 Å². The number of aliphatic imine (C=N–C) groups is 1. The fraction of sp³-hybridized carbons (Fsp3) is 0.519. The molecule has 10 nitrogen and oxygen atoms in total. The van der Waals surface area contributed by atoms with E-state index in [9.17, 15) is 23.5 Å². The summed E-state index contributed by atoms with van der Waals surface area (Å²) in [6, 6.07) is 1.19. The molecular formula is C27H36F2N4O6. The van der Waals surface area contributed by atoms with Crippen LogP contribution in [0.4, 0.5) is 8.78 Å². The monoisotopic (exact) mass is 550 g/mol. The van der Waals surface area contributed by atoms with Crippen molar-refractivity contribution in [2.45, 2.75) is 51.7 Å². The van der Waals surface area contributed by atoms with Crippen LogP contribution < -0.4 is 20.5 Å². The number of halogens is 2. The van der Waals surface area contributed by atoms with Gasteiger partial charge in [-0.25, -0.2) is 4.39 Å². The van der Waals surface area contributed by atoms with E-state index in [2.05, 4.69) is 10.3 Å². The summed E-state index contributed by atoms with van der Waals surface area (Å²) in [7, 11) is 0. The summed E-state index contributed by atoms with van der Waals surface area (Å²) in [5.74, 6) is -4.06. The van der Waals surface area contributed by atoms with Gasteiger partial charge in [-0.15, -0.1) is 0 Å². The molecule has 0 radical (unpaired) electrons. The molecule has 2 aliphatic heterocycles. The van der Waals surface area contributed by atoms with Gasteiger partial charge in [-0.05, 0) is 64.2 Å². The first kappa shape index (κ1) is 30.0. The molecular weight excluding hydrogens is 514 g/mol. The van der Waals surface area contributed by atoms with Crippen molar-refractivity contribution in [3.8, 4) is 11.5 Å². The zero-order valence-corrected chi connectivity index (χ0v) is 22.4. The van der Waals surface area contributed by atoms with E-state index < -0.39 is 40.8 Å². The number of hydrogen-bond acceptors (Lipinski definition) is 7. The molecule has 1 fully saturated rings. The fourth-order valence-electron chi connectivity index (χ4n) is 4.19. The number of nitrogens with two attached hydrogens (primary N) is 1. The standard InChI is InChI=1S/C27H36F2N4O6/c1-4-38-21-6-5-19(28)25(24(21)29)39-18-14-23(34)33(15-18)20(13-17-8-11-37-12-9-17)26(35)32-22(30)7-10-31-16-27(2,3)36/h5-7,10,14,17,20,31,36H,4,8-9,11-13,15-16H2,1-3H3,(H2,30,32,35)/b10-7-. The number of ether oxygens (including phenoxy) is 3. The molecule has 0 saturated carbocycles. The predicted molar refractivity (Wildman–Crippen MR) is 140 cm³/mol. The molecule has 0 bridgehead atoms. The topological polar surface area (TPSA) is 136 Å². The van der Waals surface area contributed by atoms with Gasteiger partial charge in [0.2, 0.25) is 11.6 Å². The van der Waals surface area contributed by atoms with E-state index >= 15 is 0 Å². The third-order valence-corrected chi connectivity index (χ3v) is 6.15. The van der Waals surface area contributed by atoms with Crippen molar-refractivity contribution >= 4 is 17.6 Å². The Bertz CT molecular complexity index is 1130. The average molecular weight is 551 g/mol. The Kier molecular flexibility index (Phi) is 10.4. The van der Waals surface area contributed by atoms with Crippen molar-refractivity contribution in [3.05, 3.63) is 47.9 Å². The second-order valence-corrected chi connectivity index (χ2v) is 10.0. The quantitative estimate of drug-likeness (QED) is 0.267. The van der Waals surface area contributed by atoms with E-state index in [4.69, 9.17) is 19.9 Å². The molecule has 1 atom stereocenters. The van der Waals surface area contributed by atoms with Crippen LogP contribution in [0.15, 0.2) is 41.2 Å². The van der Waals surface area contributed by atoms with Crippen LogP contribution in [0.3, 0.4) is 0 Å². The zero-order valence-electron chi connectivity index (χ0n) is 22.4. The van der Waals surface area contributed by atoms with Crippen LogP contribution >= 0.6 is 0 Å². The number of benzene rings is 1. The molecule has 1 saturated heterocycles.